The smallest absolute Gasteiger partial charge is 0.0664 e. The number of rotatable bonds is 3. The van der Waals surface area contributed by atoms with Crippen LogP contribution in [-0.2, 0) is 0 Å². The summed E-state index contributed by atoms with van der Waals surface area (Å²) in [4.78, 5) is 2.57. The molecule has 1 unspecified atom stereocenters. The molecular formula is C13H26N2O. The van der Waals surface area contributed by atoms with Crippen LogP contribution in [0.25, 0.3) is 0 Å². The van der Waals surface area contributed by atoms with Crippen LogP contribution < -0.4 is 5.32 Å². The van der Waals surface area contributed by atoms with Gasteiger partial charge in [0, 0.05) is 31.7 Å². The van der Waals surface area contributed by atoms with Gasteiger partial charge in [0.2, 0.25) is 0 Å². The minimum Gasteiger partial charge on any atom is -0.392 e. The number of nitrogens with one attached hydrogen (secondary N) is 1. The normalized spacial score (nSPS) is 28.1. The van der Waals surface area contributed by atoms with Gasteiger partial charge < -0.3 is 10.4 Å². The van der Waals surface area contributed by atoms with Crippen LogP contribution in [-0.4, -0.2) is 47.8 Å². The summed E-state index contributed by atoms with van der Waals surface area (Å²) in [6.45, 7) is 6.26. The van der Waals surface area contributed by atoms with Crippen LogP contribution in [0.5, 0.6) is 0 Å². The molecule has 0 radical (unpaired) electrons. The van der Waals surface area contributed by atoms with Crippen molar-refractivity contribution in [3.05, 3.63) is 0 Å². The molecule has 1 aliphatic heterocycles. The van der Waals surface area contributed by atoms with Gasteiger partial charge in [0.15, 0.2) is 0 Å². The minimum absolute atomic E-state index is 0.142. The molecule has 0 aromatic carbocycles. The van der Waals surface area contributed by atoms with E-state index in [1.54, 1.807) is 0 Å². The second-order valence-electron chi connectivity index (χ2n) is 5.47. The highest BCUT2D eigenvalue weighted by molar-refractivity contribution is 4.98. The molecule has 3 heteroatoms. The monoisotopic (exact) mass is 226 g/mol. The van der Waals surface area contributed by atoms with E-state index < -0.39 is 0 Å². The molecule has 1 atom stereocenters. The lowest BCUT2D eigenvalue weighted by Gasteiger charge is -2.50. The predicted molar refractivity (Wildman–Crippen MR) is 66.6 cm³/mol. The summed E-state index contributed by atoms with van der Waals surface area (Å²) in [5, 5.41) is 13.4. The zero-order chi connectivity index (χ0) is 11.4. The SMILES string of the molecule is CCC(O)CN1CCNCC12CCCCC2. The van der Waals surface area contributed by atoms with E-state index in [0.717, 1.165) is 32.6 Å². The summed E-state index contributed by atoms with van der Waals surface area (Å²) in [5.41, 5.74) is 0.368. The molecule has 1 saturated carbocycles. The van der Waals surface area contributed by atoms with E-state index in [-0.39, 0.29) is 6.10 Å². The van der Waals surface area contributed by atoms with Crippen molar-refractivity contribution in [1.29, 1.82) is 0 Å². The average molecular weight is 226 g/mol. The highest BCUT2D eigenvalue weighted by atomic mass is 16.3. The Kier molecular flexibility index (Phi) is 4.22. The number of hydrogen-bond donors (Lipinski definition) is 2. The fraction of sp³-hybridized carbons (Fsp3) is 1.00. The van der Waals surface area contributed by atoms with E-state index in [0.29, 0.717) is 5.54 Å². The first-order valence-electron chi connectivity index (χ1n) is 6.91. The number of aliphatic hydroxyl groups excluding tert-OH is 1. The Balaban J connectivity index is 2.00. The Morgan fingerprint density at radius 3 is 2.75 bits per heavy atom. The van der Waals surface area contributed by atoms with Gasteiger partial charge in [0.1, 0.15) is 0 Å². The van der Waals surface area contributed by atoms with Crippen LogP contribution >= 0.6 is 0 Å². The molecular weight excluding hydrogens is 200 g/mol. The van der Waals surface area contributed by atoms with Crippen molar-refractivity contribution in [3.8, 4) is 0 Å². The van der Waals surface area contributed by atoms with Crippen LogP contribution in [0.1, 0.15) is 45.4 Å². The number of hydrogen-bond acceptors (Lipinski definition) is 3. The summed E-state index contributed by atoms with van der Waals surface area (Å²) in [6, 6.07) is 0. The first-order valence-corrected chi connectivity index (χ1v) is 6.91. The number of piperazine rings is 1. The molecule has 2 fully saturated rings. The van der Waals surface area contributed by atoms with Gasteiger partial charge in [-0.1, -0.05) is 26.2 Å². The predicted octanol–water partition coefficient (Wildman–Crippen LogP) is 1.37. The van der Waals surface area contributed by atoms with Gasteiger partial charge >= 0.3 is 0 Å². The molecule has 1 saturated heterocycles. The number of aliphatic hydroxyl groups is 1. The standard InChI is InChI=1S/C13H26N2O/c1-2-12(16)10-15-9-8-14-11-13(15)6-4-3-5-7-13/h12,14,16H,2-11H2,1H3. The summed E-state index contributed by atoms with van der Waals surface area (Å²) in [5.74, 6) is 0. The van der Waals surface area contributed by atoms with Crippen molar-refractivity contribution in [2.75, 3.05) is 26.2 Å². The number of nitrogens with zero attached hydrogens (tertiary/aromatic N) is 1. The zero-order valence-corrected chi connectivity index (χ0v) is 10.5. The summed E-state index contributed by atoms with van der Waals surface area (Å²) in [7, 11) is 0. The largest absolute Gasteiger partial charge is 0.392 e. The zero-order valence-electron chi connectivity index (χ0n) is 10.5. The molecule has 1 spiro atoms. The highest BCUT2D eigenvalue weighted by Crippen LogP contribution is 2.34. The molecule has 2 rings (SSSR count). The van der Waals surface area contributed by atoms with Gasteiger partial charge in [-0.3, -0.25) is 4.90 Å². The van der Waals surface area contributed by atoms with Gasteiger partial charge in [0.05, 0.1) is 6.10 Å². The molecule has 0 amide bonds. The van der Waals surface area contributed by atoms with E-state index >= 15 is 0 Å². The van der Waals surface area contributed by atoms with E-state index in [9.17, 15) is 5.11 Å². The third-order valence-corrected chi connectivity index (χ3v) is 4.37. The molecule has 94 valence electrons. The highest BCUT2D eigenvalue weighted by Gasteiger charge is 2.39. The first kappa shape index (κ1) is 12.3. The first-order chi connectivity index (χ1) is 7.77. The molecule has 1 aliphatic carbocycles. The lowest BCUT2D eigenvalue weighted by Crippen LogP contribution is -2.63. The topological polar surface area (TPSA) is 35.5 Å². The quantitative estimate of drug-likeness (QED) is 0.763. The van der Waals surface area contributed by atoms with E-state index in [1.807, 2.05) is 0 Å². The van der Waals surface area contributed by atoms with Crippen LogP contribution in [0.15, 0.2) is 0 Å². The Morgan fingerprint density at radius 2 is 2.06 bits per heavy atom. The summed E-state index contributed by atoms with van der Waals surface area (Å²) >= 11 is 0. The van der Waals surface area contributed by atoms with Crippen LogP contribution in [0, 0.1) is 0 Å². The van der Waals surface area contributed by atoms with Crippen LogP contribution in [0.4, 0.5) is 0 Å². The van der Waals surface area contributed by atoms with Gasteiger partial charge in [0.25, 0.3) is 0 Å². The lowest BCUT2D eigenvalue weighted by atomic mass is 9.79. The van der Waals surface area contributed by atoms with Crippen molar-refractivity contribution >= 4 is 0 Å². The maximum Gasteiger partial charge on any atom is 0.0664 e. The van der Waals surface area contributed by atoms with Crippen molar-refractivity contribution < 1.29 is 5.11 Å². The fourth-order valence-corrected chi connectivity index (χ4v) is 3.26. The van der Waals surface area contributed by atoms with Gasteiger partial charge in [-0.2, -0.15) is 0 Å². The average Bonchev–Trinajstić information content (AvgIpc) is 2.33. The Morgan fingerprint density at radius 1 is 1.31 bits per heavy atom. The number of β-amino-alcohol motifs (C(OH)–C–C–N with tert-alkyl or cyclic N) is 1. The Labute approximate surface area is 99.2 Å². The third kappa shape index (κ3) is 2.58. The van der Waals surface area contributed by atoms with Crippen LogP contribution in [0.2, 0.25) is 0 Å². The van der Waals surface area contributed by atoms with Gasteiger partial charge in [-0.15, -0.1) is 0 Å². The van der Waals surface area contributed by atoms with Crippen LogP contribution in [0.3, 0.4) is 0 Å². The van der Waals surface area contributed by atoms with E-state index in [1.165, 1.54) is 32.1 Å². The van der Waals surface area contributed by atoms with Gasteiger partial charge in [-0.05, 0) is 19.3 Å². The van der Waals surface area contributed by atoms with Crippen molar-refractivity contribution in [1.82, 2.24) is 10.2 Å². The molecule has 3 nitrogen and oxygen atoms in total. The lowest BCUT2D eigenvalue weighted by molar-refractivity contribution is -0.00723. The minimum atomic E-state index is -0.142. The molecule has 0 aromatic rings. The molecule has 2 N–H and O–H groups in total. The maximum atomic E-state index is 9.86. The molecule has 16 heavy (non-hydrogen) atoms. The second kappa shape index (κ2) is 5.48. The molecule has 2 aliphatic rings. The third-order valence-electron chi connectivity index (χ3n) is 4.37. The Bertz CT molecular complexity index is 206. The fourth-order valence-electron chi connectivity index (χ4n) is 3.26. The maximum absolute atomic E-state index is 9.86. The van der Waals surface area contributed by atoms with E-state index in [2.05, 4.69) is 17.1 Å². The van der Waals surface area contributed by atoms with Crippen molar-refractivity contribution in [2.45, 2.75) is 57.1 Å². The van der Waals surface area contributed by atoms with Gasteiger partial charge in [-0.25, -0.2) is 0 Å². The molecule has 0 aromatic heterocycles. The Hall–Kier alpha value is -0.120. The van der Waals surface area contributed by atoms with Crippen molar-refractivity contribution in [2.24, 2.45) is 0 Å². The van der Waals surface area contributed by atoms with Crippen molar-refractivity contribution in [3.63, 3.8) is 0 Å². The molecule has 1 heterocycles. The second-order valence-corrected chi connectivity index (χ2v) is 5.47. The summed E-state index contributed by atoms with van der Waals surface area (Å²) in [6.07, 6.45) is 7.48. The summed E-state index contributed by atoms with van der Waals surface area (Å²) < 4.78 is 0. The van der Waals surface area contributed by atoms with E-state index in [4.69, 9.17) is 0 Å². The molecule has 0 bridgehead atoms.